The van der Waals surface area contributed by atoms with E-state index >= 15 is 0 Å². The van der Waals surface area contributed by atoms with Gasteiger partial charge in [0.2, 0.25) is 5.91 Å². The van der Waals surface area contributed by atoms with Crippen LogP contribution in [0.4, 0.5) is 5.69 Å². The van der Waals surface area contributed by atoms with Crippen molar-refractivity contribution in [3.8, 4) is 34.1 Å². The topological polar surface area (TPSA) is 166 Å². The number of benzene rings is 8. The summed E-state index contributed by atoms with van der Waals surface area (Å²) in [5.41, 5.74) is 4.47. The normalized spacial score (nSPS) is 21.1. The van der Waals surface area contributed by atoms with Crippen molar-refractivity contribution in [2.75, 3.05) is 5.32 Å². The fraction of sp³-hybridized carbons (Fsp3) is 0.150. The Labute approximate surface area is 409 Å². The molecule has 1 amide bonds. The first-order valence-electron chi connectivity index (χ1n) is 23.4. The van der Waals surface area contributed by atoms with Crippen LogP contribution >= 0.6 is 0 Å². The highest BCUT2D eigenvalue weighted by molar-refractivity contribution is 5.97. The fourth-order valence-corrected chi connectivity index (χ4v) is 10.8. The number of para-hydroxylation sites is 2. The molecule has 0 bridgehead atoms. The van der Waals surface area contributed by atoms with Crippen molar-refractivity contribution in [3.63, 3.8) is 0 Å². The van der Waals surface area contributed by atoms with Crippen LogP contribution in [0.15, 0.2) is 200 Å². The Morgan fingerprint density at radius 1 is 0.423 bits per heavy atom. The highest BCUT2D eigenvalue weighted by Gasteiger charge is 2.60. The van der Waals surface area contributed by atoms with Gasteiger partial charge < -0.3 is 29.7 Å². The zero-order chi connectivity index (χ0) is 49.2. The minimum atomic E-state index is -1.06. The van der Waals surface area contributed by atoms with E-state index in [4.69, 9.17) is 14.2 Å². The molecule has 2 aliphatic rings. The van der Waals surface area contributed by atoms with E-state index in [2.05, 4.69) is 5.32 Å². The summed E-state index contributed by atoms with van der Waals surface area (Å²) in [4.78, 5) is 67.0. The molecule has 0 aromatic heterocycles. The molecule has 0 saturated heterocycles. The van der Waals surface area contributed by atoms with E-state index in [-0.39, 0.29) is 11.7 Å². The summed E-state index contributed by atoms with van der Waals surface area (Å²) in [5, 5.41) is 25.5. The minimum Gasteiger partial charge on any atom is -0.481 e. The highest BCUT2D eigenvalue weighted by Crippen LogP contribution is 2.60. The van der Waals surface area contributed by atoms with Crippen molar-refractivity contribution in [2.45, 2.75) is 30.6 Å². The predicted octanol–water partition coefficient (Wildman–Crippen LogP) is 11.9. The molecule has 0 radical (unpaired) electrons. The van der Waals surface area contributed by atoms with Crippen LogP contribution in [0.5, 0.6) is 23.0 Å². The van der Waals surface area contributed by atoms with E-state index in [9.17, 15) is 34.2 Å². The second-order valence-corrected chi connectivity index (χ2v) is 18.0. The summed E-state index contributed by atoms with van der Waals surface area (Å²) in [7, 11) is 0. The Morgan fingerprint density at radius 3 is 1.39 bits per heavy atom. The summed E-state index contributed by atoms with van der Waals surface area (Å²) in [6.07, 6.45) is 0. The number of hydrogen-bond donors (Lipinski definition) is 3. The molecule has 2 saturated carbocycles. The van der Waals surface area contributed by atoms with E-state index in [1.807, 2.05) is 127 Å². The van der Waals surface area contributed by atoms with Crippen LogP contribution in [0.2, 0.25) is 0 Å². The lowest BCUT2D eigenvalue weighted by atomic mass is 9.52. The molecule has 2 aliphatic carbocycles. The zero-order valence-corrected chi connectivity index (χ0v) is 38.3. The summed E-state index contributed by atoms with van der Waals surface area (Å²) >= 11 is 0. The number of amides is 1. The zero-order valence-electron chi connectivity index (χ0n) is 38.3. The maximum atomic E-state index is 14.6. The first-order valence-corrected chi connectivity index (χ1v) is 23.4. The van der Waals surface area contributed by atoms with Crippen LogP contribution < -0.4 is 19.5 Å². The van der Waals surface area contributed by atoms with E-state index in [1.54, 1.807) is 72.8 Å². The van der Waals surface area contributed by atoms with E-state index in [0.717, 1.165) is 16.5 Å². The van der Waals surface area contributed by atoms with Gasteiger partial charge in [0, 0.05) is 52.8 Å². The van der Waals surface area contributed by atoms with Crippen LogP contribution in [0.25, 0.3) is 21.9 Å². The third-order valence-electron chi connectivity index (χ3n) is 13.9. The molecule has 11 heteroatoms. The lowest BCUT2D eigenvalue weighted by molar-refractivity contribution is -0.160. The van der Waals surface area contributed by atoms with Gasteiger partial charge in [-0.1, -0.05) is 152 Å². The summed E-state index contributed by atoms with van der Waals surface area (Å²) in [5.74, 6) is -8.41. The van der Waals surface area contributed by atoms with Crippen LogP contribution in [-0.2, 0) is 24.0 Å². The third kappa shape index (κ3) is 9.01. The third-order valence-corrected chi connectivity index (χ3v) is 13.9. The number of carboxylic acid groups (broad SMARTS) is 2. The standard InChI is InChI=1S/C60H47NO10/c1-35(62)61-41-31-32-43-39(33-41)23-16-30-46(43)70-60(68)56-51(38-21-9-4-10-22-38)54(58(65)66)52(56)40-24-15-25-42(34-40)69-47-28-13-11-26-44(47)45-27-12-14-29-48(45)71-59(67)55-49(36-17-5-2-6-18-36)53(57(63)64)50(55)37-19-7-3-8-20-37/h2-34,49-56H,1H3,(H,61,62)(H,63,64)(H,65,66)/t49-,50-,51-,52-,53?,54+,55?,56+/m0/s1. The average molecular weight is 942 g/mol. The summed E-state index contributed by atoms with van der Waals surface area (Å²) in [6.45, 7) is 1.42. The van der Waals surface area contributed by atoms with Crippen molar-refractivity contribution in [1.82, 2.24) is 0 Å². The molecule has 0 unspecified atom stereocenters. The van der Waals surface area contributed by atoms with Gasteiger partial charge in [0.25, 0.3) is 0 Å². The smallest absolute Gasteiger partial charge is 0.315 e. The van der Waals surface area contributed by atoms with Crippen molar-refractivity contribution in [2.24, 2.45) is 23.7 Å². The molecule has 0 spiro atoms. The number of fused-ring (bicyclic) bond motifs is 1. The van der Waals surface area contributed by atoms with Crippen molar-refractivity contribution in [3.05, 3.63) is 222 Å². The van der Waals surface area contributed by atoms with Crippen LogP contribution in [0, 0.1) is 23.7 Å². The maximum absolute atomic E-state index is 14.6. The van der Waals surface area contributed by atoms with Gasteiger partial charge in [-0.25, -0.2) is 0 Å². The van der Waals surface area contributed by atoms with E-state index < -0.39 is 71.2 Å². The van der Waals surface area contributed by atoms with Gasteiger partial charge in [0.1, 0.15) is 23.0 Å². The van der Waals surface area contributed by atoms with Crippen LogP contribution in [0.1, 0.15) is 52.8 Å². The van der Waals surface area contributed by atoms with Gasteiger partial charge in [-0.15, -0.1) is 0 Å². The summed E-state index contributed by atoms with van der Waals surface area (Å²) < 4.78 is 19.1. The molecule has 0 heterocycles. The molecule has 8 aromatic rings. The lowest BCUT2D eigenvalue weighted by Gasteiger charge is -2.49. The number of aliphatic carboxylic acids is 2. The predicted molar refractivity (Wildman–Crippen MR) is 267 cm³/mol. The molecule has 0 aliphatic heterocycles. The van der Waals surface area contributed by atoms with Gasteiger partial charge in [0.15, 0.2) is 0 Å². The molecular weight excluding hydrogens is 895 g/mol. The Hall–Kier alpha value is -8.83. The van der Waals surface area contributed by atoms with Gasteiger partial charge >= 0.3 is 23.9 Å². The Balaban J connectivity index is 0.952. The molecule has 10 rings (SSSR count). The first-order chi connectivity index (χ1) is 34.5. The number of esters is 2. The van der Waals surface area contributed by atoms with Crippen LogP contribution in [-0.4, -0.2) is 40.0 Å². The van der Waals surface area contributed by atoms with E-state index in [0.29, 0.717) is 50.6 Å². The van der Waals surface area contributed by atoms with Crippen molar-refractivity contribution in [1.29, 1.82) is 0 Å². The highest BCUT2D eigenvalue weighted by atomic mass is 16.5. The number of ether oxygens (including phenoxy) is 3. The Kier molecular flexibility index (Phi) is 12.7. The SMILES string of the molecule is CC(=O)Nc1ccc2c(OC(=O)[C@@H]3[C@@H](c4ccccc4)[C@@H](C(=O)O)[C@@H]3c3cccc(Oc4ccccc4-c4ccccc4OC(=O)C4[C@@H](c5ccccc5)C(C(=O)O)[C@@H]4c4ccccc4)c3)cccc2c1. The molecule has 3 N–H and O–H groups in total. The first kappa shape index (κ1) is 45.9. The summed E-state index contributed by atoms with van der Waals surface area (Å²) in [6, 6.07) is 59.5. The number of nitrogens with one attached hydrogen (secondary N) is 1. The second-order valence-electron chi connectivity index (χ2n) is 18.0. The Morgan fingerprint density at radius 2 is 0.859 bits per heavy atom. The van der Waals surface area contributed by atoms with Gasteiger partial charge in [-0.2, -0.15) is 0 Å². The molecule has 6 atom stereocenters. The van der Waals surface area contributed by atoms with E-state index in [1.165, 1.54) is 6.92 Å². The number of rotatable bonds is 14. The molecule has 71 heavy (non-hydrogen) atoms. The quantitative estimate of drug-likeness (QED) is 0.0705. The maximum Gasteiger partial charge on any atom is 0.315 e. The molecule has 2 fully saturated rings. The van der Waals surface area contributed by atoms with Gasteiger partial charge in [0.05, 0.1) is 23.7 Å². The molecule has 352 valence electrons. The van der Waals surface area contributed by atoms with Crippen molar-refractivity contribution < 1.29 is 48.4 Å². The second kappa shape index (κ2) is 19.6. The molecule has 8 aromatic carbocycles. The molecule has 11 nitrogen and oxygen atoms in total. The fourth-order valence-electron chi connectivity index (χ4n) is 10.8. The molecular formula is C60H47NO10. The Bertz CT molecular complexity index is 3260. The number of carbonyl (C=O) groups is 5. The average Bonchev–Trinajstić information content (AvgIpc) is 3.34. The largest absolute Gasteiger partial charge is 0.481 e. The number of hydrogen-bond acceptors (Lipinski definition) is 8. The van der Waals surface area contributed by atoms with Crippen LogP contribution in [0.3, 0.4) is 0 Å². The van der Waals surface area contributed by atoms with Crippen molar-refractivity contribution >= 4 is 46.2 Å². The number of carboxylic acids is 2. The number of carbonyl (C=O) groups excluding carboxylic acids is 3. The monoisotopic (exact) mass is 941 g/mol. The lowest BCUT2D eigenvalue weighted by Crippen LogP contribution is -2.52. The van der Waals surface area contributed by atoms with Gasteiger partial charge in [-0.05, 0) is 76.2 Å². The number of anilines is 1. The van der Waals surface area contributed by atoms with Gasteiger partial charge in [-0.3, -0.25) is 24.0 Å². The minimum absolute atomic E-state index is 0.219.